The molecule has 5 rings (SSSR count). The van der Waals surface area contributed by atoms with Gasteiger partial charge < -0.3 is 25.3 Å². The van der Waals surface area contributed by atoms with Gasteiger partial charge in [0.1, 0.15) is 5.75 Å². The molecule has 0 spiro atoms. The first-order valence-electron chi connectivity index (χ1n) is 11.6. The van der Waals surface area contributed by atoms with E-state index in [-0.39, 0.29) is 11.7 Å². The highest BCUT2D eigenvalue weighted by Crippen LogP contribution is 2.39. The van der Waals surface area contributed by atoms with Gasteiger partial charge in [0.15, 0.2) is 11.6 Å². The molecule has 8 heteroatoms. The molecule has 0 atom stereocenters. The van der Waals surface area contributed by atoms with Crippen LogP contribution in [0.3, 0.4) is 0 Å². The van der Waals surface area contributed by atoms with E-state index in [1.165, 1.54) is 6.92 Å². The molecule has 3 aromatic carbocycles. The Hall–Kier alpha value is -4.30. The number of phenols is 1. The van der Waals surface area contributed by atoms with Gasteiger partial charge in [-0.05, 0) is 35.9 Å². The van der Waals surface area contributed by atoms with Crippen molar-refractivity contribution in [3.05, 3.63) is 78.9 Å². The number of para-hydroxylation sites is 2. The van der Waals surface area contributed by atoms with E-state index < -0.39 is 0 Å². The number of carbonyl (C=O) groups is 1. The minimum atomic E-state index is -0.127. The summed E-state index contributed by atoms with van der Waals surface area (Å²) in [7, 11) is 0. The van der Waals surface area contributed by atoms with Crippen molar-refractivity contribution in [2.75, 3.05) is 41.8 Å². The fraction of sp³-hybridized carbons (Fsp3) is 0.185. The summed E-state index contributed by atoms with van der Waals surface area (Å²) in [6.45, 7) is 4.76. The molecule has 3 N–H and O–H groups in total. The number of phenolic OH excluding ortho intramolecular Hbond substituents is 1. The molecule has 0 radical (unpaired) electrons. The number of nitrogens with one attached hydrogen (secondary N) is 2. The van der Waals surface area contributed by atoms with Crippen molar-refractivity contribution in [3.8, 4) is 28.2 Å². The van der Waals surface area contributed by atoms with E-state index in [0.717, 1.165) is 43.2 Å². The van der Waals surface area contributed by atoms with Gasteiger partial charge in [-0.2, -0.15) is 0 Å². The van der Waals surface area contributed by atoms with Gasteiger partial charge in [-0.1, -0.05) is 47.6 Å². The first-order chi connectivity index (χ1) is 17.1. The second-order valence-corrected chi connectivity index (χ2v) is 8.46. The Labute approximate surface area is 203 Å². The molecule has 1 aromatic heterocycles. The van der Waals surface area contributed by atoms with E-state index in [2.05, 4.69) is 25.8 Å². The molecule has 35 heavy (non-hydrogen) atoms. The number of aromatic nitrogens is 1. The lowest BCUT2D eigenvalue weighted by molar-refractivity contribution is -0.114. The van der Waals surface area contributed by atoms with Crippen molar-refractivity contribution < 1.29 is 14.4 Å². The van der Waals surface area contributed by atoms with Crippen molar-refractivity contribution in [2.45, 2.75) is 6.92 Å². The lowest BCUT2D eigenvalue weighted by Crippen LogP contribution is -2.48. The normalized spacial score (nSPS) is 14.0. The van der Waals surface area contributed by atoms with Gasteiger partial charge in [0.25, 0.3) is 0 Å². The van der Waals surface area contributed by atoms with Crippen LogP contribution in [0, 0.1) is 0 Å². The number of nitrogens with zero attached hydrogens (tertiary/aromatic N) is 3. The van der Waals surface area contributed by atoms with Gasteiger partial charge >= 0.3 is 0 Å². The highest BCUT2D eigenvalue weighted by Gasteiger charge is 2.22. The summed E-state index contributed by atoms with van der Waals surface area (Å²) in [5, 5.41) is 20.2. The zero-order valence-corrected chi connectivity index (χ0v) is 19.4. The first kappa shape index (κ1) is 22.5. The van der Waals surface area contributed by atoms with Crippen LogP contribution < -0.4 is 15.6 Å². The number of rotatable bonds is 6. The molecule has 0 unspecified atom stereocenters. The minimum absolute atomic E-state index is 0.124. The molecule has 178 valence electrons. The lowest BCUT2D eigenvalue weighted by Gasteiger charge is -2.35. The second kappa shape index (κ2) is 9.90. The predicted octanol–water partition coefficient (Wildman–Crippen LogP) is 4.82. The number of hydrazine groups is 1. The molecule has 0 saturated carbocycles. The second-order valence-electron chi connectivity index (χ2n) is 8.46. The number of hydrogen-bond donors (Lipinski definition) is 3. The summed E-state index contributed by atoms with van der Waals surface area (Å²) < 4.78 is 5.63. The molecule has 2 heterocycles. The Kier molecular flexibility index (Phi) is 6.36. The standard InChI is InChI=1S/C27H27N5O3/c1-19(33)28-21-12-10-20(11-13-21)23-8-5-9-24(27(23)34)25-18-26(30-35-25)31-14-16-32(17-15-31)29-22-6-3-2-4-7-22/h2-13,18,29,34H,14-17H2,1H3,(H,28,33). The summed E-state index contributed by atoms with van der Waals surface area (Å²) >= 11 is 0. The number of aromatic hydroxyl groups is 1. The Balaban J connectivity index is 1.28. The van der Waals surface area contributed by atoms with Gasteiger partial charge in [-0.15, -0.1) is 0 Å². The van der Waals surface area contributed by atoms with Gasteiger partial charge in [0.05, 0.1) is 5.56 Å². The third-order valence-electron chi connectivity index (χ3n) is 5.98. The van der Waals surface area contributed by atoms with Crippen LogP contribution in [0.15, 0.2) is 83.4 Å². The topological polar surface area (TPSA) is 93.9 Å². The van der Waals surface area contributed by atoms with Crippen molar-refractivity contribution in [1.82, 2.24) is 10.2 Å². The van der Waals surface area contributed by atoms with E-state index in [1.54, 1.807) is 0 Å². The average Bonchev–Trinajstić information content (AvgIpc) is 3.36. The molecule has 1 amide bonds. The third kappa shape index (κ3) is 5.12. The van der Waals surface area contributed by atoms with Gasteiger partial charge in [0.2, 0.25) is 5.91 Å². The maximum atomic E-state index is 11.3. The van der Waals surface area contributed by atoms with E-state index in [4.69, 9.17) is 4.52 Å². The van der Waals surface area contributed by atoms with Crippen LogP contribution >= 0.6 is 0 Å². The summed E-state index contributed by atoms with van der Waals surface area (Å²) in [6.07, 6.45) is 0. The van der Waals surface area contributed by atoms with Gasteiger partial charge in [-0.25, -0.2) is 5.01 Å². The monoisotopic (exact) mass is 469 g/mol. The number of hydrogen-bond acceptors (Lipinski definition) is 7. The van der Waals surface area contributed by atoms with Crippen LogP contribution in [-0.4, -0.2) is 47.4 Å². The SMILES string of the molecule is CC(=O)Nc1ccc(-c2cccc(-c3cc(N4CCN(Nc5ccccc5)CC4)no3)c2O)cc1. The Morgan fingerprint density at radius 2 is 1.60 bits per heavy atom. The molecule has 8 nitrogen and oxygen atoms in total. The fourth-order valence-corrected chi connectivity index (χ4v) is 4.20. The van der Waals surface area contributed by atoms with Crippen molar-refractivity contribution >= 4 is 23.1 Å². The van der Waals surface area contributed by atoms with Gasteiger partial charge in [0, 0.05) is 56.1 Å². The Morgan fingerprint density at radius 3 is 2.31 bits per heavy atom. The zero-order chi connectivity index (χ0) is 24.2. The molecule has 0 bridgehead atoms. The number of amides is 1. The first-order valence-corrected chi connectivity index (χ1v) is 11.6. The van der Waals surface area contributed by atoms with Crippen LogP contribution in [-0.2, 0) is 4.79 Å². The van der Waals surface area contributed by atoms with Crippen molar-refractivity contribution in [2.24, 2.45) is 0 Å². The molecule has 1 aliphatic rings. The van der Waals surface area contributed by atoms with E-state index in [9.17, 15) is 9.90 Å². The van der Waals surface area contributed by atoms with E-state index >= 15 is 0 Å². The summed E-state index contributed by atoms with van der Waals surface area (Å²) in [6, 6.07) is 24.9. The number of piperazine rings is 1. The highest BCUT2D eigenvalue weighted by atomic mass is 16.5. The Morgan fingerprint density at radius 1 is 0.886 bits per heavy atom. The third-order valence-corrected chi connectivity index (χ3v) is 5.98. The van der Waals surface area contributed by atoms with Gasteiger partial charge in [-0.3, -0.25) is 4.79 Å². The Bertz CT molecular complexity index is 1300. The van der Waals surface area contributed by atoms with Crippen LogP contribution in [0.5, 0.6) is 5.75 Å². The van der Waals surface area contributed by atoms with Crippen LogP contribution in [0.25, 0.3) is 22.5 Å². The number of carbonyl (C=O) groups excluding carboxylic acids is 1. The largest absolute Gasteiger partial charge is 0.507 e. The molecular formula is C27H27N5O3. The minimum Gasteiger partial charge on any atom is -0.507 e. The lowest BCUT2D eigenvalue weighted by atomic mass is 10.00. The highest BCUT2D eigenvalue weighted by molar-refractivity contribution is 5.89. The summed E-state index contributed by atoms with van der Waals surface area (Å²) in [5.74, 6) is 1.26. The van der Waals surface area contributed by atoms with Crippen LogP contribution in [0.1, 0.15) is 6.92 Å². The number of anilines is 3. The molecule has 1 fully saturated rings. The predicted molar refractivity (Wildman–Crippen MR) is 137 cm³/mol. The average molecular weight is 470 g/mol. The molecule has 4 aromatic rings. The molecule has 0 aliphatic carbocycles. The molecular weight excluding hydrogens is 442 g/mol. The van der Waals surface area contributed by atoms with Crippen molar-refractivity contribution in [1.29, 1.82) is 0 Å². The number of benzene rings is 3. The maximum absolute atomic E-state index is 11.3. The van der Waals surface area contributed by atoms with E-state index in [1.807, 2.05) is 78.9 Å². The zero-order valence-electron chi connectivity index (χ0n) is 19.4. The summed E-state index contributed by atoms with van der Waals surface area (Å²) in [5.41, 5.74) is 7.30. The maximum Gasteiger partial charge on any atom is 0.221 e. The van der Waals surface area contributed by atoms with Crippen LogP contribution in [0.2, 0.25) is 0 Å². The smallest absolute Gasteiger partial charge is 0.221 e. The van der Waals surface area contributed by atoms with Crippen molar-refractivity contribution in [3.63, 3.8) is 0 Å². The molecule has 1 saturated heterocycles. The summed E-state index contributed by atoms with van der Waals surface area (Å²) in [4.78, 5) is 13.4. The van der Waals surface area contributed by atoms with Crippen LogP contribution in [0.4, 0.5) is 17.2 Å². The molecule has 1 aliphatic heterocycles. The van der Waals surface area contributed by atoms with E-state index in [0.29, 0.717) is 22.6 Å². The quantitative estimate of drug-likeness (QED) is 0.373. The fourth-order valence-electron chi connectivity index (χ4n) is 4.20.